The van der Waals surface area contributed by atoms with E-state index in [0.717, 1.165) is 24.3 Å². The second kappa shape index (κ2) is 8.11. The fraction of sp³-hybridized carbons (Fsp3) is 0.318. The number of aromatic nitrogens is 2. The molecule has 176 valence electrons. The van der Waals surface area contributed by atoms with E-state index in [1.807, 2.05) is 0 Å². The Bertz CT molecular complexity index is 1380. The minimum atomic E-state index is -4.68. The minimum Gasteiger partial charge on any atom is -0.361 e. The van der Waals surface area contributed by atoms with Crippen molar-refractivity contribution < 1.29 is 27.1 Å². The summed E-state index contributed by atoms with van der Waals surface area (Å²) in [6, 6.07) is 6.80. The summed E-state index contributed by atoms with van der Waals surface area (Å²) in [6.45, 7) is 10.0. The molecule has 4 rings (SSSR count). The number of nitrogens with one attached hydrogen (secondary N) is 1. The normalized spacial score (nSPS) is 22.8. The first-order valence-corrected chi connectivity index (χ1v) is 10.7. The van der Waals surface area contributed by atoms with Crippen LogP contribution in [0.25, 0.3) is 15.2 Å². The second-order valence-corrected chi connectivity index (χ2v) is 9.04. The molecule has 0 spiro atoms. The van der Waals surface area contributed by atoms with Gasteiger partial charge in [-0.1, -0.05) is 17.9 Å². The molecular formula is C22H17F4N5O2S. The Kier molecular flexibility index (Phi) is 5.65. The lowest BCUT2D eigenvalue weighted by molar-refractivity contribution is -0.249. The first-order valence-electron chi connectivity index (χ1n) is 9.90. The van der Waals surface area contributed by atoms with E-state index in [2.05, 4.69) is 25.1 Å². The average molecular weight is 491 g/mol. The number of hydrogen-bond donors (Lipinski definition) is 1. The van der Waals surface area contributed by atoms with Crippen LogP contribution >= 0.6 is 11.3 Å². The molecule has 2 unspecified atom stereocenters. The number of aliphatic imine (C=N–C) groups is 1. The average Bonchev–Trinajstić information content (AvgIpc) is 3.20. The predicted octanol–water partition coefficient (Wildman–Crippen LogP) is 5.66. The van der Waals surface area contributed by atoms with E-state index in [9.17, 15) is 22.4 Å². The van der Waals surface area contributed by atoms with Crippen molar-refractivity contribution in [2.24, 2.45) is 4.99 Å². The van der Waals surface area contributed by atoms with Crippen LogP contribution in [-0.4, -0.2) is 40.0 Å². The highest BCUT2D eigenvalue weighted by molar-refractivity contribution is 7.20. The van der Waals surface area contributed by atoms with Crippen molar-refractivity contribution in [1.82, 2.24) is 9.97 Å². The van der Waals surface area contributed by atoms with Gasteiger partial charge in [-0.25, -0.2) is 9.37 Å². The number of alkyl halides is 3. The van der Waals surface area contributed by atoms with Gasteiger partial charge >= 0.3 is 6.18 Å². The zero-order valence-electron chi connectivity index (χ0n) is 18.1. The van der Waals surface area contributed by atoms with E-state index >= 15 is 0 Å². The van der Waals surface area contributed by atoms with Crippen molar-refractivity contribution in [3.8, 4) is 0 Å². The molecule has 0 radical (unpaired) electrons. The van der Waals surface area contributed by atoms with Gasteiger partial charge in [-0.15, -0.1) is 4.98 Å². The SMILES string of the molecule is [C-]#[N+]c1ccc2nc(C(=O)Nc3ccc(F)c(C4(C)COC(C)(C(F)(F)F)C(C)=N4)c3)sc2n1. The van der Waals surface area contributed by atoms with Crippen LogP contribution in [0.2, 0.25) is 0 Å². The van der Waals surface area contributed by atoms with Crippen LogP contribution in [-0.2, 0) is 10.3 Å². The van der Waals surface area contributed by atoms with Crippen LogP contribution in [0.1, 0.15) is 36.1 Å². The largest absolute Gasteiger partial charge is 0.422 e. The zero-order chi connectivity index (χ0) is 24.9. The summed E-state index contributed by atoms with van der Waals surface area (Å²) < 4.78 is 60.2. The third-order valence-electron chi connectivity index (χ3n) is 5.64. The number of halogens is 4. The molecule has 2 aromatic heterocycles. The van der Waals surface area contributed by atoms with Gasteiger partial charge in [0, 0.05) is 11.3 Å². The number of thiazole rings is 1. The topological polar surface area (TPSA) is 80.8 Å². The summed E-state index contributed by atoms with van der Waals surface area (Å²) in [5.74, 6) is -1.11. The summed E-state index contributed by atoms with van der Waals surface area (Å²) in [6.07, 6.45) is -4.68. The Balaban J connectivity index is 1.63. The molecular weight excluding hydrogens is 474 g/mol. The highest BCUT2D eigenvalue weighted by Crippen LogP contribution is 2.42. The minimum absolute atomic E-state index is 0.0264. The maximum absolute atomic E-state index is 14.7. The molecule has 0 fully saturated rings. The molecule has 1 aliphatic heterocycles. The van der Waals surface area contributed by atoms with Gasteiger partial charge in [0.1, 0.15) is 16.9 Å². The highest BCUT2D eigenvalue weighted by atomic mass is 32.1. The Morgan fingerprint density at radius 3 is 2.62 bits per heavy atom. The van der Waals surface area contributed by atoms with E-state index in [0.29, 0.717) is 10.3 Å². The Morgan fingerprint density at radius 2 is 1.97 bits per heavy atom. The number of carbonyl (C=O) groups is 1. The lowest BCUT2D eigenvalue weighted by Gasteiger charge is -2.41. The van der Waals surface area contributed by atoms with Crippen molar-refractivity contribution in [2.75, 3.05) is 11.9 Å². The molecule has 1 aromatic carbocycles. The van der Waals surface area contributed by atoms with Gasteiger partial charge in [-0.05, 0) is 51.1 Å². The monoisotopic (exact) mass is 491 g/mol. The Morgan fingerprint density at radius 1 is 1.24 bits per heavy atom. The van der Waals surface area contributed by atoms with Crippen LogP contribution in [0.15, 0.2) is 35.3 Å². The maximum atomic E-state index is 14.7. The molecule has 34 heavy (non-hydrogen) atoms. The second-order valence-electron chi connectivity index (χ2n) is 8.06. The molecule has 0 bridgehead atoms. The van der Waals surface area contributed by atoms with Gasteiger partial charge < -0.3 is 14.9 Å². The number of anilines is 1. The summed E-state index contributed by atoms with van der Waals surface area (Å²) in [7, 11) is 0. The molecule has 0 saturated carbocycles. The lowest BCUT2D eigenvalue weighted by atomic mass is 9.88. The Labute approximate surface area is 195 Å². The van der Waals surface area contributed by atoms with E-state index in [-0.39, 0.29) is 27.8 Å². The van der Waals surface area contributed by atoms with E-state index in [1.54, 1.807) is 6.07 Å². The summed E-state index contributed by atoms with van der Waals surface area (Å²) in [5.41, 5.74) is -3.70. The molecule has 1 amide bonds. The van der Waals surface area contributed by atoms with E-state index < -0.39 is 35.6 Å². The van der Waals surface area contributed by atoms with Gasteiger partial charge in [0.2, 0.25) is 4.83 Å². The zero-order valence-corrected chi connectivity index (χ0v) is 18.9. The summed E-state index contributed by atoms with van der Waals surface area (Å²) in [5, 5.41) is 2.69. The van der Waals surface area contributed by atoms with Gasteiger partial charge in [-0.3, -0.25) is 9.79 Å². The Hall–Kier alpha value is -3.43. The third kappa shape index (κ3) is 4.01. The van der Waals surface area contributed by atoms with Crippen LogP contribution in [0.4, 0.5) is 29.1 Å². The third-order valence-corrected chi connectivity index (χ3v) is 6.61. The lowest BCUT2D eigenvalue weighted by Crippen LogP contribution is -2.56. The summed E-state index contributed by atoms with van der Waals surface area (Å²) in [4.78, 5) is 28.8. The summed E-state index contributed by atoms with van der Waals surface area (Å²) >= 11 is 0.991. The molecule has 2 atom stereocenters. The van der Waals surface area contributed by atoms with Crippen LogP contribution in [0.5, 0.6) is 0 Å². The first-order chi connectivity index (χ1) is 15.9. The van der Waals surface area contributed by atoms with Crippen molar-refractivity contribution in [2.45, 2.75) is 38.1 Å². The highest BCUT2D eigenvalue weighted by Gasteiger charge is 2.58. The number of hydrogen-bond acceptors (Lipinski definition) is 6. The number of amides is 1. The van der Waals surface area contributed by atoms with Gasteiger partial charge in [0.05, 0.1) is 12.3 Å². The maximum Gasteiger partial charge on any atom is 0.422 e. The number of nitrogens with zero attached hydrogens (tertiary/aromatic N) is 4. The number of carbonyl (C=O) groups excluding carboxylic acids is 1. The number of ether oxygens (including phenoxy) is 1. The molecule has 12 heteroatoms. The fourth-order valence-electron chi connectivity index (χ4n) is 3.49. The molecule has 3 heterocycles. The standard InChI is InChI=1S/C22H17F4N5O2S/c1-11-21(3,22(24,25)26)33-10-20(2,31-11)13-9-12(5-6-14(13)23)28-17(32)19-29-15-7-8-16(27-4)30-18(15)34-19/h5-9H,10H2,1-3H3,(H,28,32). The van der Waals surface area contributed by atoms with Crippen LogP contribution in [0, 0.1) is 12.4 Å². The van der Waals surface area contributed by atoms with E-state index in [1.165, 1.54) is 32.0 Å². The predicted molar refractivity (Wildman–Crippen MR) is 119 cm³/mol. The van der Waals surface area contributed by atoms with Gasteiger partial charge in [0.15, 0.2) is 10.6 Å². The first kappa shape index (κ1) is 23.7. The molecule has 1 N–H and O–H groups in total. The molecule has 0 aliphatic carbocycles. The smallest absolute Gasteiger partial charge is 0.361 e. The molecule has 0 saturated heterocycles. The molecule has 3 aromatic rings. The molecule has 1 aliphatic rings. The van der Waals surface area contributed by atoms with E-state index in [4.69, 9.17) is 11.3 Å². The van der Waals surface area contributed by atoms with Crippen molar-refractivity contribution in [3.05, 3.63) is 58.1 Å². The molecule has 7 nitrogen and oxygen atoms in total. The number of fused-ring (bicyclic) bond motifs is 1. The van der Waals surface area contributed by atoms with Gasteiger partial charge in [-0.2, -0.15) is 13.2 Å². The fourth-order valence-corrected chi connectivity index (χ4v) is 4.32. The number of pyridine rings is 1. The number of benzene rings is 1. The number of rotatable bonds is 3. The van der Waals surface area contributed by atoms with Crippen molar-refractivity contribution >= 4 is 44.8 Å². The van der Waals surface area contributed by atoms with Crippen LogP contribution < -0.4 is 5.32 Å². The van der Waals surface area contributed by atoms with Crippen LogP contribution in [0.3, 0.4) is 0 Å². The quantitative estimate of drug-likeness (QED) is 0.379. The van der Waals surface area contributed by atoms with Gasteiger partial charge in [0.25, 0.3) is 11.7 Å². The van der Waals surface area contributed by atoms with Crippen molar-refractivity contribution in [1.29, 1.82) is 0 Å². The van der Waals surface area contributed by atoms with Crippen molar-refractivity contribution in [3.63, 3.8) is 0 Å².